The van der Waals surface area contributed by atoms with E-state index < -0.39 is 0 Å². The molecule has 1 N–H and O–H groups in total. The molecule has 2 aromatic heterocycles. The highest BCUT2D eigenvalue weighted by Crippen LogP contribution is 2.50. The maximum Gasteiger partial charge on any atom is 0.146 e. The van der Waals surface area contributed by atoms with Crippen molar-refractivity contribution in [1.82, 2.24) is 9.97 Å². The number of phenolic OH excluding ortho intramolecular Hbond substituents is 1. The summed E-state index contributed by atoms with van der Waals surface area (Å²) in [6.45, 7) is 0. The van der Waals surface area contributed by atoms with E-state index >= 15 is 0 Å². The monoisotopic (exact) mass is 733 g/mol. The molecule has 0 fully saturated rings. The molecule has 9 aromatic rings. The lowest BCUT2D eigenvalue weighted by Crippen LogP contribution is -2.21. The molecule has 0 unspecified atom stereocenters. The fourth-order valence-electron chi connectivity index (χ4n) is 9.59. The molecule has 4 nitrogen and oxygen atoms in total. The highest BCUT2D eigenvalue weighted by atomic mass is 16.3. The van der Waals surface area contributed by atoms with Crippen LogP contribution in [0.4, 0.5) is 17.2 Å². The first-order valence-electron chi connectivity index (χ1n) is 19.8. The number of hydrogen-bond donors (Lipinski definition) is 1. The molecular weight excluding hydrogens is 695 g/mol. The van der Waals surface area contributed by atoms with Crippen molar-refractivity contribution in [3.63, 3.8) is 0 Å². The highest BCUT2D eigenvalue weighted by Gasteiger charge is 2.42. The second kappa shape index (κ2) is 13.3. The first kappa shape index (κ1) is 33.3. The van der Waals surface area contributed by atoms with Crippen LogP contribution in [0.5, 0.6) is 5.75 Å². The average molecular weight is 734 g/mol. The molecule has 0 atom stereocenters. The summed E-state index contributed by atoms with van der Waals surface area (Å²) in [7, 11) is 0. The molecule has 1 spiro atoms. The van der Waals surface area contributed by atoms with Crippen LogP contribution >= 0.6 is 0 Å². The SMILES string of the molecule is Oc1cc2c(cc1-c1cccc(N(c3ccccc3)c3nc(-c4ccccn4)cc4c3ccc3cc(-c5ccccc5)ccc34)c1)CC1(Cc3ccccc3C1)C2. The van der Waals surface area contributed by atoms with Gasteiger partial charge in [-0.05, 0) is 153 Å². The summed E-state index contributed by atoms with van der Waals surface area (Å²) in [5.74, 6) is 1.14. The van der Waals surface area contributed by atoms with Crippen molar-refractivity contribution in [2.45, 2.75) is 25.7 Å². The lowest BCUT2D eigenvalue weighted by atomic mass is 9.82. The smallest absolute Gasteiger partial charge is 0.146 e. The number of aromatic nitrogens is 2. The summed E-state index contributed by atoms with van der Waals surface area (Å²) in [4.78, 5) is 12.4. The van der Waals surface area contributed by atoms with Crippen molar-refractivity contribution in [3.05, 3.63) is 204 Å². The third-order valence-corrected chi connectivity index (χ3v) is 12.2. The second-order valence-corrected chi connectivity index (χ2v) is 15.8. The molecule has 57 heavy (non-hydrogen) atoms. The number of rotatable bonds is 6. The molecule has 0 amide bonds. The van der Waals surface area contributed by atoms with E-state index in [1.165, 1.54) is 33.4 Å². The van der Waals surface area contributed by atoms with Crippen molar-refractivity contribution < 1.29 is 5.11 Å². The number of pyridine rings is 2. The van der Waals surface area contributed by atoms with Gasteiger partial charge in [-0.15, -0.1) is 0 Å². The molecule has 0 aliphatic heterocycles. The van der Waals surface area contributed by atoms with Crippen molar-refractivity contribution in [2.75, 3.05) is 4.90 Å². The van der Waals surface area contributed by atoms with Crippen LogP contribution < -0.4 is 4.90 Å². The minimum atomic E-state index is 0.196. The molecule has 0 saturated heterocycles. The summed E-state index contributed by atoms with van der Waals surface area (Å²) < 4.78 is 0. The number of anilines is 3. The molecule has 2 aliphatic rings. The van der Waals surface area contributed by atoms with Crippen LogP contribution in [0, 0.1) is 5.41 Å². The van der Waals surface area contributed by atoms with Gasteiger partial charge in [0.15, 0.2) is 0 Å². The Labute approximate surface area is 332 Å². The maximum absolute atomic E-state index is 11.7. The molecule has 11 rings (SSSR count). The largest absolute Gasteiger partial charge is 0.507 e. The Balaban J connectivity index is 1.06. The van der Waals surface area contributed by atoms with Gasteiger partial charge in [0.2, 0.25) is 0 Å². The van der Waals surface area contributed by atoms with Gasteiger partial charge in [0.25, 0.3) is 0 Å². The number of nitrogens with zero attached hydrogens (tertiary/aromatic N) is 3. The van der Waals surface area contributed by atoms with Gasteiger partial charge in [-0.25, -0.2) is 4.98 Å². The van der Waals surface area contributed by atoms with Gasteiger partial charge in [0, 0.05) is 28.5 Å². The average Bonchev–Trinajstić information content (AvgIpc) is 3.81. The second-order valence-electron chi connectivity index (χ2n) is 15.8. The van der Waals surface area contributed by atoms with Gasteiger partial charge in [-0.1, -0.05) is 109 Å². The third-order valence-electron chi connectivity index (χ3n) is 12.2. The van der Waals surface area contributed by atoms with Gasteiger partial charge < -0.3 is 5.11 Å². The molecule has 272 valence electrons. The quantitative estimate of drug-likeness (QED) is 0.173. The van der Waals surface area contributed by atoms with Crippen LogP contribution in [0.3, 0.4) is 0 Å². The molecule has 0 saturated carbocycles. The summed E-state index contributed by atoms with van der Waals surface area (Å²) in [5, 5.41) is 16.1. The van der Waals surface area contributed by atoms with Crippen LogP contribution in [-0.4, -0.2) is 15.1 Å². The lowest BCUT2D eigenvalue weighted by Gasteiger charge is -2.27. The van der Waals surface area contributed by atoms with Crippen LogP contribution in [0.15, 0.2) is 182 Å². The van der Waals surface area contributed by atoms with Crippen molar-refractivity contribution in [1.29, 1.82) is 0 Å². The number of benzene rings is 7. The normalized spacial score (nSPS) is 13.9. The van der Waals surface area contributed by atoms with Gasteiger partial charge >= 0.3 is 0 Å². The Morgan fingerprint density at radius 3 is 1.89 bits per heavy atom. The van der Waals surface area contributed by atoms with E-state index in [0.29, 0.717) is 5.75 Å². The Morgan fingerprint density at radius 2 is 1.12 bits per heavy atom. The maximum atomic E-state index is 11.7. The van der Waals surface area contributed by atoms with Gasteiger partial charge in [0.05, 0.1) is 11.4 Å². The number of fused-ring (bicyclic) bond motifs is 5. The standard InChI is InChI=1S/C53H39N3O/c57-51-29-42-34-53(31-39-14-7-8-15-40(39)32-53)33-41(42)28-47(51)37-16-11-19-44(27-37)56(43-17-5-2-6-18-43)52-46-24-22-38-26-36(35-12-3-1-4-13-35)21-23-45(38)48(46)30-50(55-52)49-20-9-10-25-54-49/h1-30,57H,31-34H2. The lowest BCUT2D eigenvalue weighted by molar-refractivity contribution is 0.326. The van der Waals surface area contributed by atoms with E-state index in [0.717, 1.165) is 86.9 Å². The summed E-state index contributed by atoms with van der Waals surface area (Å²) >= 11 is 0. The predicted molar refractivity (Wildman–Crippen MR) is 233 cm³/mol. The molecule has 7 aromatic carbocycles. The van der Waals surface area contributed by atoms with E-state index in [1.807, 2.05) is 36.5 Å². The number of para-hydroxylation sites is 1. The van der Waals surface area contributed by atoms with Gasteiger partial charge in [0.1, 0.15) is 11.6 Å². The third kappa shape index (κ3) is 5.84. The van der Waals surface area contributed by atoms with Crippen molar-refractivity contribution in [3.8, 4) is 39.4 Å². The molecule has 4 heteroatoms. The van der Waals surface area contributed by atoms with Gasteiger partial charge in [-0.3, -0.25) is 9.88 Å². The number of hydrogen-bond acceptors (Lipinski definition) is 4. The molecule has 0 bridgehead atoms. The first-order valence-corrected chi connectivity index (χ1v) is 19.8. The van der Waals surface area contributed by atoms with Gasteiger partial charge in [-0.2, -0.15) is 0 Å². The van der Waals surface area contributed by atoms with E-state index in [1.54, 1.807) is 0 Å². The van der Waals surface area contributed by atoms with E-state index in [9.17, 15) is 5.11 Å². The zero-order valence-electron chi connectivity index (χ0n) is 31.4. The Bertz CT molecular complexity index is 2950. The fourth-order valence-corrected chi connectivity index (χ4v) is 9.59. The van der Waals surface area contributed by atoms with Crippen molar-refractivity contribution in [2.24, 2.45) is 5.41 Å². The molecule has 2 aliphatic carbocycles. The summed E-state index contributed by atoms with van der Waals surface area (Å²) in [6.07, 6.45) is 6.04. The molecular formula is C53H39N3O. The Hall–Kier alpha value is -7.04. The van der Waals surface area contributed by atoms with Crippen LogP contribution in [-0.2, 0) is 25.7 Å². The predicted octanol–water partition coefficient (Wildman–Crippen LogP) is 12.8. The summed E-state index contributed by atoms with van der Waals surface area (Å²) in [6, 6.07) is 62.0. The van der Waals surface area contributed by atoms with Crippen molar-refractivity contribution >= 4 is 38.7 Å². The number of phenols is 1. The molecule has 2 heterocycles. The van der Waals surface area contributed by atoms with E-state index in [2.05, 4.69) is 150 Å². The highest BCUT2D eigenvalue weighted by molar-refractivity contribution is 6.13. The Kier molecular flexibility index (Phi) is 7.78. The van der Waals surface area contributed by atoms with E-state index in [-0.39, 0.29) is 5.41 Å². The van der Waals surface area contributed by atoms with E-state index in [4.69, 9.17) is 9.97 Å². The van der Waals surface area contributed by atoms with Crippen LogP contribution in [0.1, 0.15) is 22.3 Å². The molecule has 0 radical (unpaired) electrons. The fraction of sp³-hybridized carbons (Fsp3) is 0.0943. The zero-order chi connectivity index (χ0) is 37.9. The summed E-state index contributed by atoms with van der Waals surface area (Å²) in [5.41, 5.74) is 13.5. The Morgan fingerprint density at radius 1 is 0.456 bits per heavy atom. The first-order chi connectivity index (χ1) is 28.1. The minimum Gasteiger partial charge on any atom is -0.507 e. The zero-order valence-corrected chi connectivity index (χ0v) is 31.4. The van der Waals surface area contributed by atoms with Crippen LogP contribution in [0.2, 0.25) is 0 Å². The van der Waals surface area contributed by atoms with Crippen LogP contribution in [0.25, 0.3) is 55.2 Å². The minimum absolute atomic E-state index is 0.196. The topological polar surface area (TPSA) is 49.2 Å². The number of aromatic hydroxyl groups is 1.